The van der Waals surface area contributed by atoms with E-state index in [2.05, 4.69) is 20.6 Å². The van der Waals surface area contributed by atoms with Gasteiger partial charge < -0.3 is 26.2 Å². The van der Waals surface area contributed by atoms with Crippen LogP contribution in [-0.4, -0.2) is 58.1 Å². The minimum absolute atomic E-state index is 0.00429. The van der Waals surface area contributed by atoms with E-state index in [1.807, 2.05) is 6.92 Å². The molecule has 2 aliphatic carbocycles. The van der Waals surface area contributed by atoms with Crippen molar-refractivity contribution >= 4 is 17.7 Å². The van der Waals surface area contributed by atoms with Gasteiger partial charge in [0.25, 0.3) is 5.91 Å². The molecule has 2 aliphatic rings. The van der Waals surface area contributed by atoms with Crippen molar-refractivity contribution in [3.63, 3.8) is 0 Å². The Kier molecular flexibility index (Phi) is 7.58. The number of nitrogens with two attached hydrogens (primary N) is 1. The SMILES string of the molecule is C[C@@H]1CC[C@@H](Nc2nc(NC3CCC(OCC(F)(F)F)CC3)ncc2C(N)=O)CC1O. The van der Waals surface area contributed by atoms with E-state index in [1.165, 1.54) is 6.20 Å². The standard InChI is InChI=1S/C20H30F3N5O3/c1-11-2-3-13(8-16(11)29)26-18-15(17(24)30)9-25-19(28-18)27-12-4-6-14(7-5-12)31-10-20(21,22)23/h9,11-14,16,29H,2-8,10H2,1H3,(H2,24,30)(H2,25,26,27,28)/t11-,12?,13-,14?,16?/m1/s1. The van der Waals surface area contributed by atoms with Gasteiger partial charge in [0.05, 0.1) is 17.8 Å². The van der Waals surface area contributed by atoms with Gasteiger partial charge in [-0.15, -0.1) is 0 Å². The Morgan fingerprint density at radius 1 is 1.19 bits per heavy atom. The van der Waals surface area contributed by atoms with Crippen LogP contribution in [0.1, 0.15) is 62.2 Å². The Morgan fingerprint density at radius 2 is 1.87 bits per heavy atom. The Bertz CT molecular complexity index is 756. The van der Waals surface area contributed by atoms with E-state index in [-0.39, 0.29) is 23.6 Å². The number of amides is 1. The third kappa shape index (κ3) is 6.93. The molecular formula is C20H30F3N5O3. The molecule has 0 radical (unpaired) electrons. The van der Waals surface area contributed by atoms with E-state index < -0.39 is 30.9 Å². The van der Waals surface area contributed by atoms with Crippen molar-refractivity contribution in [3.8, 4) is 0 Å². The zero-order chi connectivity index (χ0) is 22.6. The van der Waals surface area contributed by atoms with Crippen LogP contribution in [0.5, 0.6) is 0 Å². The highest BCUT2D eigenvalue weighted by Crippen LogP contribution is 2.28. The summed E-state index contributed by atoms with van der Waals surface area (Å²) in [5.41, 5.74) is 5.62. The van der Waals surface area contributed by atoms with Gasteiger partial charge in [0.2, 0.25) is 5.95 Å². The van der Waals surface area contributed by atoms with Crippen molar-refractivity contribution in [2.75, 3.05) is 17.2 Å². The van der Waals surface area contributed by atoms with E-state index in [1.54, 1.807) is 0 Å². The summed E-state index contributed by atoms with van der Waals surface area (Å²) < 4.78 is 41.9. The zero-order valence-corrected chi connectivity index (χ0v) is 17.5. The summed E-state index contributed by atoms with van der Waals surface area (Å²) in [6.45, 7) is 0.780. The molecule has 1 amide bonds. The maximum absolute atomic E-state index is 12.3. The number of primary amides is 1. The number of hydrogen-bond acceptors (Lipinski definition) is 7. The van der Waals surface area contributed by atoms with Crippen LogP contribution in [0, 0.1) is 5.92 Å². The zero-order valence-electron chi connectivity index (χ0n) is 17.5. The molecule has 1 heterocycles. The number of aliphatic hydroxyl groups is 1. The van der Waals surface area contributed by atoms with Gasteiger partial charge in [-0.2, -0.15) is 18.2 Å². The topological polar surface area (TPSA) is 122 Å². The summed E-state index contributed by atoms with van der Waals surface area (Å²) in [5.74, 6) is 0.212. The maximum Gasteiger partial charge on any atom is 0.411 e. The average molecular weight is 445 g/mol. The molecule has 0 saturated heterocycles. The molecule has 1 aromatic rings. The minimum Gasteiger partial charge on any atom is -0.393 e. The lowest BCUT2D eigenvalue weighted by Gasteiger charge is -2.32. The predicted octanol–water partition coefficient (Wildman–Crippen LogP) is 2.84. The molecule has 5 N–H and O–H groups in total. The normalized spacial score (nSPS) is 29.4. The van der Waals surface area contributed by atoms with Crippen molar-refractivity contribution in [1.29, 1.82) is 0 Å². The lowest BCUT2D eigenvalue weighted by atomic mass is 9.85. The number of anilines is 2. The fourth-order valence-corrected chi connectivity index (χ4v) is 4.13. The van der Waals surface area contributed by atoms with Crippen LogP contribution < -0.4 is 16.4 Å². The summed E-state index contributed by atoms with van der Waals surface area (Å²) in [4.78, 5) is 20.4. The molecular weight excluding hydrogens is 415 g/mol. The van der Waals surface area contributed by atoms with Crippen LogP contribution in [0.3, 0.4) is 0 Å². The molecule has 3 rings (SSSR count). The van der Waals surface area contributed by atoms with Crippen molar-refractivity contribution < 1.29 is 27.8 Å². The number of hydrogen-bond donors (Lipinski definition) is 4. The van der Waals surface area contributed by atoms with E-state index in [4.69, 9.17) is 10.5 Å². The van der Waals surface area contributed by atoms with Crippen molar-refractivity contribution in [2.45, 2.75) is 82.3 Å². The number of alkyl halides is 3. The Morgan fingerprint density at radius 3 is 2.48 bits per heavy atom. The molecule has 11 heteroatoms. The second-order valence-electron chi connectivity index (χ2n) is 8.56. The van der Waals surface area contributed by atoms with Gasteiger partial charge in [0, 0.05) is 18.3 Å². The second-order valence-corrected chi connectivity index (χ2v) is 8.56. The van der Waals surface area contributed by atoms with E-state index in [0.29, 0.717) is 43.9 Å². The molecule has 0 spiro atoms. The Labute approximate surface area is 179 Å². The monoisotopic (exact) mass is 445 g/mol. The van der Waals surface area contributed by atoms with Gasteiger partial charge in [0.1, 0.15) is 12.4 Å². The number of ether oxygens (including phenoxy) is 1. The molecule has 8 nitrogen and oxygen atoms in total. The fourth-order valence-electron chi connectivity index (χ4n) is 4.13. The highest BCUT2D eigenvalue weighted by atomic mass is 19.4. The molecule has 3 atom stereocenters. The summed E-state index contributed by atoms with van der Waals surface area (Å²) in [5, 5.41) is 16.5. The van der Waals surface area contributed by atoms with E-state index in [9.17, 15) is 23.1 Å². The molecule has 1 unspecified atom stereocenters. The van der Waals surface area contributed by atoms with Gasteiger partial charge in [-0.25, -0.2) is 4.98 Å². The van der Waals surface area contributed by atoms with Crippen LogP contribution in [0.2, 0.25) is 0 Å². The molecule has 174 valence electrons. The van der Waals surface area contributed by atoms with Gasteiger partial charge in [-0.3, -0.25) is 4.79 Å². The number of aromatic nitrogens is 2. The molecule has 2 saturated carbocycles. The second kappa shape index (κ2) is 9.99. The quantitative estimate of drug-likeness (QED) is 0.509. The first kappa shape index (κ1) is 23.5. The molecule has 0 bridgehead atoms. The van der Waals surface area contributed by atoms with Crippen LogP contribution in [0.25, 0.3) is 0 Å². The summed E-state index contributed by atoms with van der Waals surface area (Å²) in [6.07, 6.45) is 0.735. The molecule has 0 aromatic carbocycles. The number of carbonyl (C=O) groups excluding carboxylic acids is 1. The first-order valence-electron chi connectivity index (χ1n) is 10.7. The Balaban J connectivity index is 1.58. The lowest BCUT2D eigenvalue weighted by Crippen LogP contribution is -2.36. The molecule has 31 heavy (non-hydrogen) atoms. The van der Waals surface area contributed by atoms with Gasteiger partial charge >= 0.3 is 6.18 Å². The van der Waals surface area contributed by atoms with Crippen molar-refractivity contribution in [3.05, 3.63) is 11.8 Å². The number of nitrogens with one attached hydrogen (secondary N) is 2. The highest BCUT2D eigenvalue weighted by molar-refractivity contribution is 5.97. The summed E-state index contributed by atoms with van der Waals surface area (Å²) >= 11 is 0. The van der Waals surface area contributed by atoms with Gasteiger partial charge in [0.15, 0.2) is 0 Å². The number of rotatable bonds is 7. The minimum atomic E-state index is -4.32. The predicted molar refractivity (Wildman–Crippen MR) is 109 cm³/mol. The fraction of sp³-hybridized carbons (Fsp3) is 0.750. The van der Waals surface area contributed by atoms with Crippen molar-refractivity contribution in [2.24, 2.45) is 11.7 Å². The lowest BCUT2D eigenvalue weighted by molar-refractivity contribution is -0.187. The Hall–Kier alpha value is -2.14. The van der Waals surface area contributed by atoms with Gasteiger partial charge in [-0.05, 0) is 50.9 Å². The van der Waals surface area contributed by atoms with Crippen LogP contribution in [-0.2, 0) is 4.74 Å². The largest absolute Gasteiger partial charge is 0.411 e. The molecule has 1 aromatic heterocycles. The van der Waals surface area contributed by atoms with E-state index >= 15 is 0 Å². The maximum atomic E-state index is 12.3. The van der Waals surface area contributed by atoms with Crippen LogP contribution in [0.4, 0.5) is 24.9 Å². The van der Waals surface area contributed by atoms with Crippen molar-refractivity contribution in [1.82, 2.24) is 9.97 Å². The summed E-state index contributed by atoms with van der Waals surface area (Å²) in [7, 11) is 0. The number of nitrogens with zero attached hydrogens (tertiary/aromatic N) is 2. The molecule has 2 fully saturated rings. The van der Waals surface area contributed by atoms with Gasteiger partial charge in [-0.1, -0.05) is 6.92 Å². The van der Waals surface area contributed by atoms with Crippen LogP contribution >= 0.6 is 0 Å². The molecule has 0 aliphatic heterocycles. The first-order valence-corrected chi connectivity index (χ1v) is 10.7. The number of halogens is 3. The smallest absolute Gasteiger partial charge is 0.393 e. The average Bonchev–Trinajstić information content (AvgIpc) is 2.70. The van der Waals surface area contributed by atoms with E-state index in [0.717, 1.165) is 12.8 Å². The third-order valence-electron chi connectivity index (χ3n) is 6.04. The van der Waals surface area contributed by atoms with Crippen LogP contribution in [0.15, 0.2) is 6.20 Å². The number of aliphatic hydroxyl groups excluding tert-OH is 1. The number of carbonyl (C=O) groups is 1. The summed E-state index contributed by atoms with van der Waals surface area (Å²) in [6, 6.07) is -0.0383. The first-order chi connectivity index (χ1) is 14.6. The third-order valence-corrected chi connectivity index (χ3v) is 6.04. The highest BCUT2D eigenvalue weighted by Gasteiger charge is 2.31.